The van der Waals surface area contributed by atoms with Crippen LogP contribution in [0.3, 0.4) is 0 Å². The van der Waals surface area contributed by atoms with E-state index in [1.807, 2.05) is 36.4 Å². The standard InChI is InChI=1S/C27H28ClN3O2/c1-2-20-13-15-21(16-14-20)33-18-8-7-17-31-25-12-6-5-11-24(25)30-26(31)19-29-27(32)22-9-3-4-10-23(22)28/h3-6,9-16H,2,7-8,17-19H2,1H3,(H,29,32). The zero-order chi connectivity index (χ0) is 23.0. The first-order valence-corrected chi connectivity index (χ1v) is 11.7. The van der Waals surface area contributed by atoms with E-state index < -0.39 is 0 Å². The van der Waals surface area contributed by atoms with Crippen LogP contribution in [0, 0.1) is 0 Å². The highest BCUT2D eigenvalue weighted by molar-refractivity contribution is 6.33. The van der Waals surface area contributed by atoms with Gasteiger partial charge in [-0.25, -0.2) is 4.98 Å². The summed E-state index contributed by atoms with van der Waals surface area (Å²) in [5, 5.41) is 3.40. The predicted molar refractivity (Wildman–Crippen MR) is 133 cm³/mol. The summed E-state index contributed by atoms with van der Waals surface area (Å²) in [6.45, 7) is 3.94. The molecule has 0 saturated carbocycles. The van der Waals surface area contributed by atoms with Crippen molar-refractivity contribution in [3.63, 3.8) is 0 Å². The number of carbonyl (C=O) groups excluding carboxylic acids is 1. The second kappa shape index (κ2) is 11.0. The fourth-order valence-electron chi connectivity index (χ4n) is 3.79. The van der Waals surface area contributed by atoms with Gasteiger partial charge < -0.3 is 14.6 Å². The van der Waals surface area contributed by atoms with Crippen LogP contribution < -0.4 is 10.1 Å². The van der Waals surface area contributed by atoms with Crippen LogP contribution in [0.5, 0.6) is 5.75 Å². The molecule has 0 aliphatic rings. The molecule has 0 spiro atoms. The smallest absolute Gasteiger partial charge is 0.253 e. The number of aromatic nitrogens is 2. The van der Waals surface area contributed by atoms with Crippen LogP contribution in [-0.2, 0) is 19.5 Å². The zero-order valence-electron chi connectivity index (χ0n) is 18.8. The molecule has 0 aliphatic carbocycles. The molecular formula is C27H28ClN3O2. The molecule has 33 heavy (non-hydrogen) atoms. The molecule has 0 saturated heterocycles. The van der Waals surface area contributed by atoms with Gasteiger partial charge in [0.1, 0.15) is 11.6 Å². The lowest BCUT2D eigenvalue weighted by Crippen LogP contribution is -2.25. The van der Waals surface area contributed by atoms with Crippen molar-refractivity contribution < 1.29 is 9.53 Å². The summed E-state index contributed by atoms with van der Waals surface area (Å²) < 4.78 is 8.07. The lowest BCUT2D eigenvalue weighted by atomic mass is 10.2. The summed E-state index contributed by atoms with van der Waals surface area (Å²) in [4.78, 5) is 17.3. The summed E-state index contributed by atoms with van der Waals surface area (Å²) in [5.41, 5.74) is 3.76. The van der Waals surface area contributed by atoms with Crippen molar-refractivity contribution in [1.29, 1.82) is 0 Å². The molecule has 0 atom stereocenters. The Morgan fingerprint density at radius 2 is 1.76 bits per heavy atom. The molecule has 6 heteroatoms. The molecule has 0 bridgehead atoms. The third-order valence-corrected chi connectivity index (χ3v) is 5.97. The number of unbranched alkanes of at least 4 members (excludes halogenated alkanes) is 1. The van der Waals surface area contributed by atoms with Crippen molar-refractivity contribution in [2.45, 2.75) is 39.3 Å². The number of nitrogens with one attached hydrogen (secondary N) is 1. The summed E-state index contributed by atoms with van der Waals surface area (Å²) in [6.07, 6.45) is 2.90. The molecule has 170 valence electrons. The Bertz CT molecular complexity index is 1220. The first kappa shape index (κ1) is 22.9. The third kappa shape index (κ3) is 5.74. The maximum atomic E-state index is 12.6. The van der Waals surface area contributed by atoms with Gasteiger partial charge in [0, 0.05) is 6.54 Å². The molecule has 3 aromatic carbocycles. The molecule has 1 aromatic heterocycles. The number of nitrogens with zero attached hydrogens (tertiary/aromatic N) is 2. The number of carbonyl (C=O) groups is 1. The fraction of sp³-hybridized carbons (Fsp3) is 0.259. The first-order chi connectivity index (χ1) is 16.2. The highest BCUT2D eigenvalue weighted by Gasteiger charge is 2.14. The van der Waals surface area contributed by atoms with Gasteiger partial charge in [-0.2, -0.15) is 0 Å². The van der Waals surface area contributed by atoms with Crippen molar-refractivity contribution in [1.82, 2.24) is 14.9 Å². The predicted octanol–water partition coefficient (Wildman–Crippen LogP) is 6.04. The van der Waals surface area contributed by atoms with Crippen LogP contribution in [0.4, 0.5) is 0 Å². The Morgan fingerprint density at radius 3 is 2.55 bits per heavy atom. The number of imidazole rings is 1. The molecular weight excluding hydrogens is 434 g/mol. The molecule has 5 nitrogen and oxygen atoms in total. The number of benzene rings is 3. The highest BCUT2D eigenvalue weighted by atomic mass is 35.5. The fourth-order valence-corrected chi connectivity index (χ4v) is 4.01. The lowest BCUT2D eigenvalue weighted by molar-refractivity contribution is 0.0949. The number of halogens is 1. The Balaban J connectivity index is 1.36. The Kier molecular flexibility index (Phi) is 7.63. The summed E-state index contributed by atoms with van der Waals surface area (Å²) in [5.74, 6) is 1.53. The molecule has 1 N–H and O–H groups in total. The van der Waals surface area contributed by atoms with E-state index in [1.165, 1.54) is 5.56 Å². The minimum absolute atomic E-state index is 0.207. The Morgan fingerprint density at radius 1 is 1.00 bits per heavy atom. The minimum Gasteiger partial charge on any atom is -0.494 e. The number of para-hydroxylation sites is 2. The van der Waals surface area contributed by atoms with E-state index in [2.05, 4.69) is 35.0 Å². The minimum atomic E-state index is -0.207. The molecule has 4 aromatic rings. The van der Waals surface area contributed by atoms with E-state index in [1.54, 1.807) is 18.2 Å². The number of fused-ring (bicyclic) bond motifs is 1. The monoisotopic (exact) mass is 461 g/mol. The first-order valence-electron chi connectivity index (χ1n) is 11.3. The average molecular weight is 462 g/mol. The second-order valence-electron chi connectivity index (χ2n) is 7.88. The molecule has 1 heterocycles. The molecule has 0 fully saturated rings. The van der Waals surface area contributed by atoms with Crippen LogP contribution in [0.15, 0.2) is 72.8 Å². The van der Waals surface area contributed by atoms with Crippen molar-refractivity contribution in [3.8, 4) is 5.75 Å². The van der Waals surface area contributed by atoms with Crippen molar-refractivity contribution in [3.05, 3.63) is 94.8 Å². The topological polar surface area (TPSA) is 56.1 Å². The number of ether oxygens (including phenoxy) is 1. The average Bonchev–Trinajstić information content (AvgIpc) is 3.20. The zero-order valence-corrected chi connectivity index (χ0v) is 19.5. The Hall–Kier alpha value is -3.31. The number of hydrogen-bond acceptors (Lipinski definition) is 3. The Labute approximate surface area is 199 Å². The third-order valence-electron chi connectivity index (χ3n) is 5.64. The van der Waals surface area contributed by atoms with Crippen molar-refractivity contribution in [2.75, 3.05) is 6.61 Å². The van der Waals surface area contributed by atoms with Gasteiger partial charge in [-0.1, -0.05) is 54.9 Å². The lowest BCUT2D eigenvalue weighted by Gasteiger charge is -2.11. The van der Waals surface area contributed by atoms with Gasteiger partial charge in [-0.05, 0) is 61.2 Å². The number of rotatable bonds is 10. The maximum absolute atomic E-state index is 12.6. The maximum Gasteiger partial charge on any atom is 0.253 e. The normalized spacial score (nSPS) is 11.0. The highest BCUT2D eigenvalue weighted by Crippen LogP contribution is 2.19. The quantitative estimate of drug-likeness (QED) is 0.293. The van der Waals surface area contributed by atoms with Gasteiger partial charge >= 0.3 is 0 Å². The van der Waals surface area contributed by atoms with Crippen LogP contribution in [-0.4, -0.2) is 22.1 Å². The molecule has 0 radical (unpaired) electrons. The molecule has 1 amide bonds. The van der Waals surface area contributed by atoms with Crippen LogP contribution in [0.2, 0.25) is 5.02 Å². The second-order valence-corrected chi connectivity index (χ2v) is 8.29. The van der Waals surface area contributed by atoms with Gasteiger partial charge in [-0.3, -0.25) is 4.79 Å². The van der Waals surface area contributed by atoms with Crippen LogP contribution in [0.1, 0.15) is 41.5 Å². The number of aryl methyl sites for hydroxylation is 2. The van der Waals surface area contributed by atoms with Gasteiger partial charge in [0.15, 0.2) is 0 Å². The van der Waals surface area contributed by atoms with Gasteiger partial charge in [0.05, 0.1) is 34.8 Å². The van der Waals surface area contributed by atoms with Gasteiger partial charge in [0.25, 0.3) is 5.91 Å². The van der Waals surface area contributed by atoms with E-state index in [9.17, 15) is 4.79 Å². The van der Waals surface area contributed by atoms with E-state index in [0.29, 0.717) is 23.7 Å². The van der Waals surface area contributed by atoms with Crippen molar-refractivity contribution in [2.24, 2.45) is 0 Å². The SMILES string of the molecule is CCc1ccc(OCCCCn2c(CNC(=O)c3ccccc3Cl)nc3ccccc32)cc1. The van der Waals surface area contributed by atoms with E-state index in [0.717, 1.165) is 48.4 Å². The van der Waals surface area contributed by atoms with Crippen LogP contribution >= 0.6 is 11.6 Å². The van der Waals surface area contributed by atoms with E-state index >= 15 is 0 Å². The number of amides is 1. The molecule has 0 aliphatic heterocycles. The van der Waals surface area contributed by atoms with E-state index in [-0.39, 0.29) is 5.91 Å². The molecule has 4 rings (SSSR count). The largest absolute Gasteiger partial charge is 0.494 e. The summed E-state index contributed by atoms with van der Waals surface area (Å²) in [7, 11) is 0. The van der Waals surface area contributed by atoms with Gasteiger partial charge in [0.2, 0.25) is 0 Å². The van der Waals surface area contributed by atoms with Crippen molar-refractivity contribution >= 4 is 28.5 Å². The number of hydrogen-bond donors (Lipinski definition) is 1. The molecule has 0 unspecified atom stereocenters. The van der Waals surface area contributed by atoms with E-state index in [4.69, 9.17) is 21.3 Å². The summed E-state index contributed by atoms with van der Waals surface area (Å²) >= 11 is 6.16. The van der Waals surface area contributed by atoms with Gasteiger partial charge in [-0.15, -0.1) is 0 Å². The summed E-state index contributed by atoms with van der Waals surface area (Å²) in [6, 6.07) is 23.4. The van der Waals surface area contributed by atoms with Crippen LogP contribution in [0.25, 0.3) is 11.0 Å².